The number of hydrogen-bond acceptors (Lipinski definition) is 6. The molecule has 0 amide bonds. The Hall–Kier alpha value is -1.37. The molecular formula is C13H20BNO5. The van der Waals surface area contributed by atoms with Crippen LogP contribution < -0.4 is 0 Å². The van der Waals surface area contributed by atoms with Crippen LogP contribution in [0.4, 0.5) is 0 Å². The molecule has 2 rings (SSSR count). The van der Waals surface area contributed by atoms with Crippen molar-refractivity contribution in [3.63, 3.8) is 0 Å². The van der Waals surface area contributed by atoms with E-state index in [0.29, 0.717) is 0 Å². The zero-order chi connectivity index (χ0) is 14.5. The fourth-order valence-electron chi connectivity index (χ4n) is 2.93. The maximum Gasteiger partial charge on any atom is 0.609 e. The van der Waals surface area contributed by atoms with Crippen molar-refractivity contribution in [3.8, 4) is 0 Å². The van der Waals surface area contributed by atoms with Crippen LogP contribution in [0.3, 0.4) is 0 Å². The van der Waals surface area contributed by atoms with Crippen LogP contribution in [-0.2, 0) is 23.7 Å². The van der Waals surface area contributed by atoms with Crippen LogP contribution in [0.15, 0.2) is 0 Å². The normalized spacial score (nSPS) is 24.4. The van der Waals surface area contributed by atoms with Crippen molar-refractivity contribution in [3.05, 3.63) is 0 Å². The minimum Gasteiger partial charge on any atom is -0.498 e. The van der Waals surface area contributed by atoms with Gasteiger partial charge in [0.2, 0.25) is 0 Å². The molecule has 1 aliphatic carbocycles. The summed E-state index contributed by atoms with van der Waals surface area (Å²) in [4.78, 5) is 36.3. The number of aldehydes is 1. The molecule has 2 aliphatic rings. The zero-order valence-electron chi connectivity index (χ0n) is 11.7. The predicted molar refractivity (Wildman–Crippen MR) is 71.8 cm³/mol. The van der Waals surface area contributed by atoms with Gasteiger partial charge < -0.3 is 14.1 Å². The second-order valence-electron chi connectivity index (χ2n) is 5.63. The van der Waals surface area contributed by atoms with Crippen LogP contribution >= 0.6 is 0 Å². The number of nitrogens with zero attached hydrogens (tertiary/aromatic N) is 1. The first-order valence-electron chi connectivity index (χ1n) is 7.13. The lowest BCUT2D eigenvalue weighted by atomic mass is 9.62. The summed E-state index contributed by atoms with van der Waals surface area (Å²) >= 11 is 0. The Morgan fingerprint density at radius 2 is 1.70 bits per heavy atom. The summed E-state index contributed by atoms with van der Waals surface area (Å²) in [6, 6.07) is 0. The van der Waals surface area contributed by atoms with Gasteiger partial charge in [0.1, 0.15) is 6.29 Å². The molecule has 1 heterocycles. The Morgan fingerprint density at radius 1 is 1.15 bits per heavy atom. The van der Waals surface area contributed by atoms with E-state index in [0.717, 1.165) is 38.4 Å². The lowest BCUT2D eigenvalue weighted by Gasteiger charge is -2.30. The maximum atomic E-state index is 11.7. The lowest BCUT2D eigenvalue weighted by molar-refractivity contribution is -0.146. The quantitative estimate of drug-likeness (QED) is 0.559. The van der Waals surface area contributed by atoms with Crippen LogP contribution in [-0.4, -0.2) is 50.4 Å². The fourth-order valence-corrected chi connectivity index (χ4v) is 2.93. The summed E-state index contributed by atoms with van der Waals surface area (Å²) in [5.41, 5.74) is 0. The van der Waals surface area contributed by atoms with Gasteiger partial charge in [-0.05, 0) is 13.0 Å². The van der Waals surface area contributed by atoms with Gasteiger partial charge in [-0.1, -0.05) is 32.1 Å². The summed E-state index contributed by atoms with van der Waals surface area (Å²) in [5, 5.41) is 0. The summed E-state index contributed by atoms with van der Waals surface area (Å²) in [6.45, 7) is 0.0592. The number of carbonyl (C=O) groups is 3. The summed E-state index contributed by atoms with van der Waals surface area (Å²) in [6.07, 6.45) is 5.88. The largest absolute Gasteiger partial charge is 0.609 e. The first-order valence-corrected chi connectivity index (χ1v) is 7.13. The highest BCUT2D eigenvalue weighted by atomic mass is 16.6. The molecule has 0 aromatic heterocycles. The zero-order valence-corrected chi connectivity index (χ0v) is 11.7. The monoisotopic (exact) mass is 281 g/mol. The van der Waals surface area contributed by atoms with Crippen LogP contribution in [0.2, 0.25) is 5.82 Å². The number of rotatable bonds is 3. The van der Waals surface area contributed by atoms with Crippen LogP contribution in [0, 0.1) is 5.92 Å². The van der Waals surface area contributed by atoms with E-state index in [2.05, 4.69) is 0 Å². The van der Waals surface area contributed by atoms with Gasteiger partial charge in [0.05, 0.1) is 18.9 Å². The van der Waals surface area contributed by atoms with E-state index in [-0.39, 0.29) is 19.0 Å². The molecule has 1 aliphatic heterocycles. The molecule has 1 unspecified atom stereocenters. The molecule has 0 aromatic rings. The topological polar surface area (TPSA) is 72.9 Å². The second-order valence-corrected chi connectivity index (χ2v) is 5.63. The van der Waals surface area contributed by atoms with Gasteiger partial charge in [-0.25, -0.2) is 0 Å². The molecule has 110 valence electrons. The van der Waals surface area contributed by atoms with Crippen molar-refractivity contribution in [2.24, 2.45) is 5.92 Å². The van der Waals surface area contributed by atoms with Gasteiger partial charge in [0.25, 0.3) is 0 Å². The Morgan fingerprint density at radius 3 is 2.20 bits per heavy atom. The molecule has 20 heavy (non-hydrogen) atoms. The first-order chi connectivity index (χ1) is 9.60. The predicted octanol–water partition coefficient (Wildman–Crippen LogP) is 0.656. The number of carbonyl (C=O) groups excluding carboxylic acids is 3. The number of likely N-dealkylation sites (N-methyl/N-ethyl adjacent to an activating group) is 1. The van der Waals surface area contributed by atoms with Crippen molar-refractivity contribution < 1.29 is 23.7 Å². The summed E-state index contributed by atoms with van der Waals surface area (Å²) in [5.74, 6) is -1.35. The highest BCUT2D eigenvalue weighted by Crippen LogP contribution is 2.34. The molecule has 1 atom stereocenters. The van der Waals surface area contributed by atoms with E-state index in [4.69, 9.17) is 9.31 Å². The molecular weight excluding hydrogens is 261 g/mol. The number of hydrogen-bond donors (Lipinski definition) is 0. The van der Waals surface area contributed by atoms with E-state index in [1.807, 2.05) is 0 Å². The molecule has 6 nitrogen and oxygen atoms in total. The van der Waals surface area contributed by atoms with Gasteiger partial charge in [-0.15, -0.1) is 0 Å². The SMILES string of the molecule is CN1CC(=O)OB(C(C=O)C2CCCCC2)OC(=O)C1. The third-order valence-electron chi connectivity index (χ3n) is 3.96. The fraction of sp³-hybridized carbons (Fsp3) is 0.769. The Labute approximate surface area is 118 Å². The first kappa shape index (κ1) is 15.0. The van der Waals surface area contributed by atoms with E-state index >= 15 is 0 Å². The second kappa shape index (κ2) is 6.88. The molecule has 1 saturated heterocycles. The van der Waals surface area contributed by atoms with Crippen molar-refractivity contribution in [1.29, 1.82) is 0 Å². The lowest BCUT2D eigenvalue weighted by Crippen LogP contribution is -2.46. The Balaban J connectivity index is 2.07. The third-order valence-corrected chi connectivity index (χ3v) is 3.96. The summed E-state index contributed by atoms with van der Waals surface area (Å²) < 4.78 is 10.4. The van der Waals surface area contributed by atoms with E-state index in [1.54, 1.807) is 7.05 Å². The van der Waals surface area contributed by atoms with Crippen molar-refractivity contribution >= 4 is 25.3 Å². The molecule has 0 radical (unpaired) electrons. The Kier molecular flexibility index (Phi) is 5.17. The van der Waals surface area contributed by atoms with E-state index in [1.165, 1.54) is 4.90 Å². The van der Waals surface area contributed by atoms with Gasteiger partial charge in [0.15, 0.2) is 0 Å². The van der Waals surface area contributed by atoms with Crippen LogP contribution in [0.1, 0.15) is 32.1 Å². The molecule has 0 spiro atoms. The van der Waals surface area contributed by atoms with E-state index < -0.39 is 24.9 Å². The molecule has 0 bridgehead atoms. The van der Waals surface area contributed by atoms with Crippen molar-refractivity contribution in [2.75, 3.05) is 20.1 Å². The standard InChI is InChI=1S/C13H20BNO5/c1-15-7-12(17)19-14(20-13(18)8-15)11(9-16)10-5-3-2-4-6-10/h9-11H,2-8H2,1H3. The molecule has 1 saturated carbocycles. The minimum atomic E-state index is -1.07. The van der Waals surface area contributed by atoms with Gasteiger partial charge in [0, 0.05) is 0 Å². The highest BCUT2D eigenvalue weighted by molar-refractivity contribution is 6.54. The third kappa shape index (κ3) is 3.82. The van der Waals surface area contributed by atoms with Crippen molar-refractivity contribution in [2.45, 2.75) is 37.9 Å². The molecule has 0 N–H and O–H groups in total. The highest BCUT2D eigenvalue weighted by Gasteiger charge is 2.43. The van der Waals surface area contributed by atoms with Crippen LogP contribution in [0.25, 0.3) is 0 Å². The smallest absolute Gasteiger partial charge is 0.498 e. The van der Waals surface area contributed by atoms with Gasteiger partial charge >= 0.3 is 19.1 Å². The summed E-state index contributed by atoms with van der Waals surface area (Å²) in [7, 11) is 0.575. The maximum absolute atomic E-state index is 11.7. The molecule has 0 aromatic carbocycles. The van der Waals surface area contributed by atoms with Crippen molar-refractivity contribution in [1.82, 2.24) is 4.90 Å². The minimum absolute atomic E-state index is 0.0296. The average molecular weight is 281 g/mol. The van der Waals surface area contributed by atoms with E-state index in [9.17, 15) is 14.4 Å². The van der Waals surface area contributed by atoms with Gasteiger partial charge in [-0.2, -0.15) is 0 Å². The average Bonchev–Trinajstić information content (AvgIpc) is 2.38. The molecule has 2 fully saturated rings. The van der Waals surface area contributed by atoms with Gasteiger partial charge in [-0.3, -0.25) is 14.5 Å². The Bertz CT molecular complexity index is 363. The molecule has 7 heteroatoms. The van der Waals surface area contributed by atoms with Crippen LogP contribution in [0.5, 0.6) is 0 Å².